The van der Waals surface area contributed by atoms with E-state index in [1.165, 1.54) is 6.42 Å². The maximum atomic E-state index is 5.72. The first-order chi connectivity index (χ1) is 8.05. The Morgan fingerprint density at radius 3 is 2.82 bits per heavy atom. The van der Waals surface area contributed by atoms with Crippen LogP contribution in [0.15, 0.2) is 12.4 Å². The molecule has 0 aliphatic carbocycles. The summed E-state index contributed by atoms with van der Waals surface area (Å²) in [5.41, 5.74) is 0.332. The highest BCUT2D eigenvalue weighted by molar-refractivity contribution is 6.17. The van der Waals surface area contributed by atoms with Gasteiger partial charge < -0.3 is 9.88 Å². The van der Waals surface area contributed by atoms with Gasteiger partial charge in [0.05, 0.1) is 0 Å². The standard InChI is InChI=1S/C13H24ClN3/c1-12-16-8-10-17(12)9-7-15-11-13(2,3)5-4-6-14/h8,10,15H,4-7,9,11H2,1-3H3. The molecule has 0 aromatic carbocycles. The molecule has 0 radical (unpaired) electrons. The van der Waals surface area contributed by atoms with Crippen molar-refractivity contribution in [3.8, 4) is 0 Å². The minimum absolute atomic E-state index is 0.332. The van der Waals surface area contributed by atoms with Crippen LogP contribution in [0.1, 0.15) is 32.5 Å². The predicted molar refractivity (Wildman–Crippen MR) is 73.6 cm³/mol. The second-order valence-electron chi connectivity index (χ2n) is 5.30. The molecular formula is C13H24ClN3. The molecule has 0 aliphatic heterocycles. The van der Waals surface area contributed by atoms with Crippen LogP contribution in [0.5, 0.6) is 0 Å². The maximum absolute atomic E-state index is 5.72. The Bertz CT molecular complexity index is 320. The van der Waals surface area contributed by atoms with Crippen molar-refractivity contribution in [2.24, 2.45) is 5.41 Å². The van der Waals surface area contributed by atoms with Gasteiger partial charge in [-0.2, -0.15) is 0 Å². The number of aryl methyl sites for hydroxylation is 1. The molecule has 3 nitrogen and oxygen atoms in total. The highest BCUT2D eigenvalue weighted by atomic mass is 35.5. The molecular weight excluding hydrogens is 234 g/mol. The van der Waals surface area contributed by atoms with Crippen LogP contribution >= 0.6 is 11.6 Å². The lowest BCUT2D eigenvalue weighted by Crippen LogP contribution is -2.31. The van der Waals surface area contributed by atoms with Crippen molar-refractivity contribution in [2.45, 2.75) is 40.2 Å². The number of halogens is 1. The first kappa shape index (κ1) is 14.5. The molecule has 4 heteroatoms. The average molecular weight is 258 g/mol. The predicted octanol–water partition coefficient (Wildman–Crippen LogP) is 2.83. The highest BCUT2D eigenvalue weighted by Crippen LogP contribution is 2.21. The van der Waals surface area contributed by atoms with Crippen molar-refractivity contribution in [3.63, 3.8) is 0 Å². The molecule has 0 bridgehead atoms. The summed E-state index contributed by atoms with van der Waals surface area (Å²) in [5, 5.41) is 3.51. The first-order valence-electron chi connectivity index (χ1n) is 6.29. The molecule has 17 heavy (non-hydrogen) atoms. The van der Waals surface area contributed by atoms with Crippen molar-refractivity contribution in [1.82, 2.24) is 14.9 Å². The normalized spacial score (nSPS) is 12.0. The zero-order chi connectivity index (χ0) is 12.7. The Morgan fingerprint density at radius 1 is 1.47 bits per heavy atom. The van der Waals surface area contributed by atoms with Gasteiger partial charge in [-0.1, -0.05) is 13.8 Å². The molecule has 1 aromatic rings. The molecule has 1 aromatic heterocycles. The van der Waals surface area contributed by atoms with E-state index in [4.69, 9.17) is 11.6 Å². The minimum Gasteiger partial charge on any atom is -0.334 e. The van der Waals surface area contributed by atoms with Gasteiger partial charge in [0.1, 0.15) is 5.82 Å². The third kappa shape index (κ3) is 5.55. The summed E-state index contributed by atoms with van der Waals surface area (Å²) in [4.78, 5) is 4.21. The molecule has 0 atom stereocenters. The van der Waals surface area contributed by atoms with E-state index in [1.807, 2.05) is 19.3 Å². The molecule has 1 N–H and O–H groups in total. The van der Waals surface area contributed by atoms with Gasteiger partial charge in [-0.25, -0.2) is 4.98 Å². The third-order valence-corrected chi connectivity index (χ3v) is 3.31. The Kier molecular flexibility index (Phi) is 6.00. The molecule has 0 aliphatic rings. The lowest BCUT2D eigenvalue weighted by Gasteiger charge is -2.24. The lowest BCUT2D eigenvalue weighted by molar-refractivity contribution is 0.310. The second kappa shape index (κ2) is 7.02. The van der Waals surface area contributed by atoms with E-state index in [0.29, 0.717) is 5.41 Å². The fourth-order valence-corrected chi connectivity index (χ4v) is 2.03. The van der Waals surface area contributed by atoms with Crippen molar-refractivity contribution < 1.29 is 0 Å². The monoisotopic (exact) mass is 257 g/mol. The van der Waals surface area contributed by atoms with Crippen LogP contribution in [-0.4, -0.2) is 28.5 Å². The molecule has 0 saturated carbocycles. The molecule has 0 unspecified atom stereocenters. The topological polar surface area (TPSA) is 29.9 Å². The lowest BCUT2D eigenvalue weighted by atomic mass is 9.88. The van der Waals surface area contributed by atoms with E-state index in [-0.39, 0.29) is 0 Å². The Labute approximate surface area is 110 Å². The quantitative estimate of drug-likeness (QED) is 0.573. The average Bonchev–Trinajstić information content (AvgIpc) is 2.68. The summed E-state index contributed by atoms with van der Waals surface area (Å²) < 4.78 is 2.17. The van der Waals surface area contributed by atoms with Gasteiger partial charge in [0.2, 0.25) is 0 Å². The molecule has 0 spiro atoms. The number of hydrogen-bond donors (Lipinski definition) is 1. The molecule has 0 amide bonds. The van der Waals surface area contributed by atoms with Gasteiger partial charge in [0, 0.05) is 37.9 Å². The summed E-state index contributed by atoms with van der Waals surface area (Å²) in [7, 11) is 0. The molecule has 98 valence electrons. The fraction of sp³-hybridized carbons (Fsp3) is 0.769. The number of rotatable bonds is 8. The largest absolute Gasteiger partial charge is 0.334 e. The number of imidazole rings is 1. The number of aromatic nitrogens is 2. The molecule has 1 rings (SSSR count). The van der Waals surface area contributed by atoms with Gasteiger partial charge >= 0.3 is 0 Å². The van der Waals surface area contributed by atoms with Gasteiger partial charge in [0.25, 0.3) is 0 Å². The third-order valence-electron chi connectivity index (χ3n) is 3.04. The Morgan fingerprint density at radius 2 is 2.24 bits per heavy atom. The van der Waals surface area contributed by atoms with Crippen molar-refractivity contribution >= 4 is 11.6 Å². The van der Waals surface area contributed by atoms with Gasteiger partial charge in [-0.15, -0.1) is 11.6 Å². The number of hydrogen-bond acceptors (Lipinski definition) is 2. The zero-order valence-corrected chi connectivity index (χ0v) is 11.9. The molecule has 0 fully saturated rings. The molecule has 1 heterocycles. The highest BCUT2D eigenvalue weighted by Gasteiger charge is 2.16. The Hall–Kier alpha value is -0.540. The minimum atomic E-state index is 0.332. The maximum Gasteiger partial charge on any atom is 0.105 e. The summed E-state index contributed by atoms with van der Waals surface area (Å²) in [6, 6.07) is 0. The fourth-order valence-electron chi connectivity index (χ4n) is 1.90. The van der Waals surface area contributed by atoms with Crippen molar-refractivity contribution in [1.29, 1.82) is 0 Å². The van der Waals surface area contributed by atoms with E-state index < -0.39 is 0 Å². The van der Waals surface area contributed by atoms with Crippen LogP contribution < -0.4 is 5.32 Å². The number of nitrogens with one attached hydrogen (secondary N) is 1. The van der Waals surface area contributed by atoms with E-state index in [0.717, 1.165) is 37.8 Å². The number of alkyl halides is 1. The molecule has 0 saturated heterocycles. The van der Waals surface area contributed by atoms with Crippen LogP contribution in [0.25, 0.3) is 0 Å². The smallest absolute Gasteiger partial charge is 0.105 e. The summed E-state index contributed by atoms with van der Waals surface area (Å²) in [6.45, 7) is 9.62. The van der Waals surface area contributed by atoms with Crippen LogP contribution in [0, 0.1) is 12.3 Å². The van der Waals surface area contributed by atoms with E-state index in [2.05, 4.69) is 28.7 Å². The SMILES string of the molecule is Cc1nccn1CCNCC(C)(C)CCCCl. The Balaban J connectivity index is 2.17. The number of nitrogens with zero attached hydrogens (tertiary/aromatic N) is 2. The zero-order valence-electron chi connectivity index (χ0n) is 11.2. The van der Waals surface area contributed by atoms with Crippen LogP contribution in [0.3, 0.4) is 0 Å². The van der Waals surface area contributed by atoms with Crippen LogP contribution in [0.4, 0.5) is 0 Å². The van der Waals surface area contributed by atoms with Gasteiger partial charge in [0.15, 0.2) is 0 Å². The van der Waals surface area contributed by atoms with Crippen molar-refractivity contribution in [2.75, 3.05) is 19.0 Å². The second-order valence-corrected chi connectivity index (χ2v) is 5.68. The summed E-state index contributed by atoms with van der Waals surface area (Å²) >= 11 is 5.72. The van der Waals surface area contributed by atoms with Gasteiger partial charge in [-0.05, 0) is 25.2 Å². The van der Waals surface area contributed by atoms with E-state index in [9.17, 15) is 0 Å². The summed E-state index contributed by atoms with van der Waals surface area (Å²) in [5.74, 6) is 1.84. The van der Waals surface area contributed by atoms with Crippen molar-refractivity contribution in [3.05, 3.63) is 18.2 Å². The summed E-state index contributed by atoms with van der Waals surface area (Å²) in [6.07, 6.45) is 6.14. The van der Waals surface area contributed by atoms with Gasteiger partial charge in [-0.3, -0.25) is 0 Å². The van der Waals surface area contributed by atoms with E-state index in [1.54, 1.807) is 0 Å². The van der Waals surface area contributed by atoms with Crippen LogP contribution in [-0.2, 0) is 6.54 Å². The van der Waals surface area contributed by atoms with E-state index >= 15 is 0 Å². The van der Waals surface area contributed by atoms with Crippen LogP contribution in [0.2, 0.25) is 0 Å². The first-order valence-corrected chi connectivity index (χ1v) is 6.83.